The predicted octanol–water partition coefficient (Wildman–Crippen LogP) is 16.2. The molecular formula is C63H67AlCl6F4N4O10. The summed E-state index contributed by atoms with van der Waals surface area (Å²) in [6, 6.07) is 33.2. The number of ether oxygens (including phenoxy) is 3. The Labute approximate surface area is 540 Å². The largest absolute Gasteiger partial charge is 0.643 e. The molecule has 0 aliphatic rings. The number of hydrogen-bond donors (Lipinski definition) is 5. The van der Waals surface area contributed by atoms with Gasteiger partial charge in [-0.1, -0.05) is 48.5 Å². The maximum Gasteiger partial charge on any atom is 0.643 e. The number of esters is 3. The Morgan fingerprint density at radius 1 is 0.466 bits per heavy atom. The first-order valence-corrected chi connectivity index (χ1v) is 33.6. The average molecular weight is 1360 g/mol. The monoisotopic (exact) mass is 1350 g/mol. The lowest BCUT2D eigenvalue weighted by molar-refractivity contribution is -0.111. The van der Waals surface area contributed by atoms with Crippen LogP contribution in [0.5, 0.6) is 0 Å². The van der Waals surface area contributed by atoms with Crippen LogP contribution in [0.25, 0.3) is 0 Å². The first-order chi connectivity index (χ1) is 41.7. The SMILES string of the molecule is CCOC(=O)c1cc(C(=O)Cc2cccc(F)c2)c(C)[nH]1.CCOC(=O)c1cc(CCc2cccc(F)c2)c(C)[nH]1.CCOC(=O)c1ccc(C)[nH]1.Cc1[nH]c(C(=O)O)cc1CCc1cccc(F)c1.ClCCl.O=C(Cl)Cc1cccc(F)c1.[Cl][Al]([Cl])[Cl]. The Kier molecular flexibility index (Phi) is 37.1. The number of Topliss-reactive ketones (excluding diaryl/α,β-unsaturated/α-hetero) is 1. The number of H-pyrrole nitrogens is 4. The maximum absolute atomic E-state index is 13.1. The molecule has 0 radical (unpaired) electrons. The fourth-order valence-corrected chi connectivity index (χ4v) is 7.99. The number of nitrogens with one attached hydrogen (secondary N) is 4. The number of benzene rings is 4. The van der Waals surface area contributed by atoms with Gasteiger partial charge in [0.25, 0.3) is 0 Å². The molecule has 14 nitrogen and oxygen atoms in total. The van der Waals surface area contributed by atoms with Crippen molar-refractivity contribution in [2.24, 2.45) is 0 Å². The molecule has 25 heteroatoms. The van der Waals surface area contributed by atoms with Crippen LogP contribution in [0.2, 0.25) is 0 Å². The summed E-state index contributed by atoms with van der Waals surface area (Å²) in [7, 11) is 14.8. The maximum atomic E-state index is 13.1. The zero-order chi connectivity index (χ0) is 65.9. The number of aryl methyl sites for hydroxylation is 8. The summed E-state index contributed by atoms with van der Waals surface area (Å²) in [5.74, 6) is -3.46. The lowest BCUT2D eigenvalue weighted by Crippen LogP contribution is -2.05. The van der Waals surface area contributed by atoms with Crippen molar-refractivity contribution in [3.8, 4) is 0 Å². The van der Waals surface area contributed by atoms with Gasteiger partial charge in [-0.25, -0.2) is 66.9 Å². The van der Waals surface area contributed by atoms with Crippen LogP contribution in [0.15, 0.2) is 127 Å². The van der Waals surface area contributed by atoms with Crippen LogP contribution in [-0.2, 0) is 57.5 Å². The number of aromatic carboxylic acids is 1. The zero-order valence-electron chi connectivity index (χ0n) is 49.2. The third-order valence-electron chi connectivity index (χ3n) is 11.7. The summed E-state index contributed by atoms with van der Waals surface area (Å²) in [6.07, 6.45) is 3.04. The van der Waals surface area contributed by atoms with Gasteiger partial charge in [0.1, 0.15) is 46.0 Å². The smallest absolute Gasteiger partial charge is 0.477 e. The Morgan fingerprint density at radius 2 is 0.818 bits per heavy atom. The highest BCUT2D eigenvalue weighted by Gasteiger charge is 2.18. The molecule has 4 heterocycles. The van der Waals surface area contributed by atoms with Gasteiger partial charge in [-0.15, -0.1) is 23.2 Å². The third kappa shape index (κ3) is 30.9. The zero-order valence-corrected chi connectivity index (χ0v) is 54.9. The highest BCUT2D eigenvalue weighted by Crippen LogP contribution is 2.19. The second-order valence-corrected chi connectivity index (χ2v) is 26.1. The van der Waals surface area contributed by atoms with Gasteiger partial charge < -0.3 is 39.3 Å². The van der Waals surface area contributed by atoms with Crippen molar-refractivity contribution in [3.63, 3.8) is 0 Å². The van der Waals surface area contributed by atoms with Crippen LogP contribution in [-0.4, -0.2) is 96.5 Å². The average Bonchev–Trinajstić information content (AvgIpc) is 2.49. The first-order valence-electron chi connectivity index (χ1n) is 26.9. The van der Waals surface area contributed by atoms with Gasteiger partial charge in [0.05, 0.1) is 25.2 Å². The van der Waals surface area contributed by atoms with Gasteiger partial charge in [-0.2, -0.15) is 0 Å². The molecule has 0 spiro atoms. The van der Waals surface area contributed by atoms with E-state index in [1.165, 1.54) is 54.6 Å². The summed E-state index contributed by atoms with van der Waals surface area (Å²) in [4.78, 5) is 79.2. The molecule has 0 aliphatic heterocycles. The fraction of sp³-hybridized carbons (Fsp3) is 0.270. The Balaban J connectivity index is 0.000000372. The number of halogens is 10. The Morgan fingerprint density at radius 3 is 1.18 bits per heavy atom. The minimum atomic E-state index is -1.72. The van der Waals surface area contributed by atoms with Crippen molar-refractivity contribution >= 4 is 111 Å². The van der Waals surface area contributed by atoms with E-state index in [1.54, 1.807) is 76.2 Å². The topological polar surface area (TPSA) is 213 Å². The van der Waals surface area contributed by atoms with Crippen molar-refractivity contribution in [1.82, 2.24) is 19.9 Å². The summed E-state index contributed by atoms with van der Waals surface area (Å²) in [5, 5.41) is 8.58. The normalized spacial score (nSPS) is 9.97. The van der Waals surface area contributed by atoms with Gasteiger partial charge in [-0.05, 0) is 198 Å². The van der Waals surface area contributed by atoms with Gasteiger partial charge in [0.2, 0.25) is 5.24 Å². The van der Waals surface area contributed by atoms with E-state index >= 15 is 0 Å². The summed E-state index contributed by atoms with van der Waals surface area (Å²) < 4.78 is 66.3. The molecule has 0 aliphatic carbocycles. The van der Waals surface area contributed by atoms with Crippen molar-refractivity contribution in [3.05, 3.63) is 235 Å². The molecule has 0 unspecified atom stereocenters. The van der Waals surface area contributed by atoms with E-state index in [0.29, 0.717) is 59.8 Å². The second kappa shape index (κ2) is 42.2. The van der Waals surface area contributed by atoms with E-state index in [1.807, 2.05) is 45.0 Å². The standard InChI is InChI=1S/C16H16FNO3.C16H18FNO2.C14H14FNO2.C8H6ClFO.C8H11NO2.CH2Cl2.Al.3ClH/c1-3-21-16(20)14-9-13(10(2)18-14)15(19)8-11-5-4-6-12(17)7-11;1-3-20-16(19)15-10-13(11(2)18-15)8-7-12-5-4-6-14(17)9-12;1-9-11(8-13(16-9)14(17)18)6-5-10-3-2-4-12(15)7-10;9-8(11)5-6-2-1-3-7(10)4-6;1-3-11-8(10)7-5-4-6(2)9-7;2-1-3;;;;/h4-7,9,18H,3,8H2,1-2H3;4-6,9-10,18H,3,7-8H2,1-2H3;2-4,7-8,16H,5-6H2,1H3,(H,17,18);1-4H,5H2;4-5,9H,3H2,1-2H3;1H2;;3*1H/q;;;;;;+3;;;/p-3. The number of aromatic amines is 4. The van der Waals surface area contributed by atoms with Crippen molar-refractivity contribution in [1.29, 1.82) is 0 Å². The number of aromatic nitrogens is 4. The number of alkyl halides is 2. The Hall–Kier alpha value is -6.79. The van der Waals surface area contributed by atoms with Crippen LogP contribution < -0.4 is 0 Å². The molecule has 88 heavy (non-hydrogen) atoms. The lowest BCUT2D eigenvalue weighted by atomic mass is 10.0. The minimum absolute atomic E-state index is 0.0821. The van der Waals surface area contributed by atoms with Crippen LogP contribution in [0.4, 0.5) is 17.6 Å². The number of ketones is 1. The van der Waals surface area contributed by atoms with Crippen LogP contribution in [0.1, 0.15) is 129 Å². The molecule has 0 bridgehead atoms. The van der Waals surface area contributed by atoms with E-state index in [9.17, 15) is 46.3 Å². The molecule has 0 atom stereocenters. The lowest BCUT2D eigenvalue weighted by Gasteiger charge is -2.01. The number of carbonyl (C=O) groups is 6. The Bertz CT molecular complexity index is 3480. The summed E-state index contributed by atoms with van der Waals surface area (Å²) in [5.41, 5.74) is 10.3. The van der Waals surface area contributed by atoms with Crippen LogP contribution in [0.3, 0.4) is 0 Å². The molecule has 0 fully saturated rings. The van der Waals surface area contributed by atoms with Crippen molar-refractivity contribution in [2.75, 3.05) is 25.2 Å². The summed E-state index contributed by atoms with van der Waals surface area (Å²) in [6.45, 7) is 13.7. The quantitative estimate of drug-likeness (QED) is 0.0104. The highest BCUT2D eigenvalue weighted by molar-refractivity contribution is 7.54. The molecule has 0 amide bonds. The summed E-state index contributed by atoms with van der Waals surface area (Å²) >= 11 is 12.9. The number of carbonyl (C=O) groups excluding carboxylic acids is 5. The molecule has 0 saturated carbocycles. The van der Waals surface area contributed by atoms with Gasteiger partial charge in [0.15, 0.2) is 5.78 Å². The number of carboxylic acids is 1. The van der Waals surface area contributed by atoms with Gasteiger partial charge in [0, 0.05) is 41.2 Å². The number of hydrogen-bond acceptors (Lipinski definition) is 9. The minimum Gasteiger partial charge on any atom is -0.477 e. The van der Waals surface area contributed by atoms with Crippen molar-refractivity contribution < 1.29 is 65.6 Å². The highest BCUT2D eigenvalue weighted by atomic mass is 35.8. The van der Waals surface area contributed by atoms with E-state index in [-0.39, 0.29) is 77.2 Å². The van der Waals surface area contributed by atoms with E-state index in [0.717, 1.165) is 52.2 Å². The third-order valence-corrected chi connectivity index (χ3v) is 11.9. The first kappa shape index (κ1) is 77.3. The van der Waals surface area contributed by atoms with E-state index < -0.39 is 28.6 Å². The van der Waals surface area contributed by atoms with Crippen LogP contribution in [0, 0.1) is 51.0 Å². The second-order valence-electron chi connectivity index (χ2n) is 18.4. The molecule has 5 N–H and O–H groups in total. The number of rotatable bonds is 18. The molecule has 472 valence electrons. The molecular weight excluding hydrogens is 1290 g/mol. The van der Waals surface area contributed by atoms with E-state index in [4.69, 9.17) is 84.3 Å². The molecule has 4 aromatic heterocycles. The van der Waals surface area contributed by atoms with Gasteiger partial charge >= 0.3 is 35.3 Å². The predicted molar refractivity (Wildman–Crippen MR) is 340 cm³/mol. The van der Waals surface area contributed by atoms with Crippen molar-refractivity contribution in [2.45, 2.75) is 87.0 Å². The molecule has 0 saturated heterocycles. The fourth-order valence-electron chi connectivity index (χ4n) is 7.83. The molecule has 8 aromatic rings. The van der Waals surface area contributed by atoms with E-state index in [2.05, 4.69) is 19.9 Å². The van der Waals surface area contributed by atoms with Crippen LogP contribution >= 0.6 is 65.0 Å². The molecule has 4 aromatic carbocycles. The van der Waals surface area contributed by atoms with Gasteiger partial charge in [-0.3, -0.25) is 9.59 Å². The molecule has 8 rings (SSSR count). The number of carboxylic acid groups (broad SMARTS) is 1.